The molecule has 0 unspecified atom stereocenters. The molecule has 0 atom stereocenters. The molecule has 0 saturated carbocycles. The van der Waals surface area contributed by atoms with Gasteiger partial charge in [-0.05, 0) is 44.6 Å². The lowest BCUT2D eigenvalue weighted by Gasteiger charge is -2.09. The monoisotopic (exact) mass is 357 g/mol. The van der Waals surface area contributed by atoms with Crippen LogP contribution in [0.2, 0.25) is 0 Å². The number of methoxy groups -OCH3 is 2. The number of aryl methyl sites for hydroxylation is 1. The number of hydrogen-bond donors (Lipinski definition) is 1. The van der Waals surface area contributed by atoms with Crippen molar-refractivity contribution in [3.8, 4) is 11.5 Å². The molecule has 1 heterocycles. The van der Waals surface area contributed by atoms with Crippen molar-refractivity contribution in [1.29, 1.82) is 0 Å². The van der Waals surface area contributed by atoms with Crippen LogP contribution in [-0.2, 0) is 4.74 Å². The maximum atomic E-state index is 12.7. The van der Waals surface area contributed by atoms with Crippen molar-refractivity contribution in [1.82, 2.24) is 4.98 Å². The third-order valence-electron chi connectivity index (χ3n) is 4.01. The lowest BCUT2D eigenvalue weighted by atomic mass is 10.0. The molecule has 0 aliphatic carbocycles. The van der Waals surface area contributed by atoms with Crippen LogP contribution in [0.1, 0.15) is 44.6 Å². The van der Waals surface area contributed by atoms with Gasteiger partial charge in [0.25, 0.3) is 0 Å². The number of nitrogens with one attached hydrogen (secondary N) is 1. The van der Waals surface area contributed by atoms with E-state index in [1.807, 2.05) is 12.1 Å². The van der Waals surface area contributed by atoms with Gasteiger partial charge >= 0.3 is 5.97 Å². The van der Waals surface area contributed by atoms with E-state index in [-0.39, 0.29) is 12.4 Å². The van der Waals surface area contributed by atoms with Gasteiger partial charge in [-0.15, -0.1) is 0 Å². The zero-order valence-corrected chi connectivity index (χ0v) is 15.6. The average Bonchev–Trinajstić information content (AvgIpc) is 2.93. The van der Waals surface area contributed by atoms with E-state index in [4.69, 9.17) is 14.2 Å². The summed E-state index contributed by atoms with van der Waals surface area (Å²) in [6.07, 6.45) is 3.12. The molecular formula is C20H23NO5. The number of rotatable bonds is 7. The molecule has 0 amide bonds. The molecule has 138 valence electrons. The molecule has 0 radical (unpaired) electrons. The van der Waals surface area contributed by atoms with Crippen LogP contribution in [0.5, 0.6) is 11.5 Å². The number of ketones is 1. The number of aromatic nitrogens is 1. The topological polar surface area (TPSA) is 77.6 Å². The Kier molecular flexibility index (Phi) is 6.22. The van der Waals surface area contributed by atoms with Crippen molar-refractivity contribution in [2.24, 2.45) is 0 Å². The lowest BCUT2D eigenvalue weighted by molar-refractivity contribution is 0.0519. The van der Waals surface area contributed by atoms with Gasteiger partial charge in [-0.2, -0.15) is 0 Å². The number of allylic oxidation sites excluding steroid dienone is 1. The molecule has 1 aromatic heterocycles. The minimum Gasteiger partial charge on any atom is -0.493 e. The molecule has 6 heteroatoms. The molecule has 0 saturated heterocycles. The van der Waals surface area contributed by atoms with Gasteiger partial charge in [0.1, 0.15) is 5.69 Å². The molecule has 0 bridgehead atoms. The molecular weight excluding hydrogens is 334 g/mol. The Morgan fingerprint density at radius 2 is 1.88 bits per heavy atom. The van der Waals surface area contributed by atoms with Crippen LogP contribution < -0.4 is 9.47 Å². The van der Waals surface area contributed by atoms with Crippen molar-refractivity contribution < 1.29 is 23.8 Å². The zero-order chi connectivity index (χ0) is 19.3. The van der Waals surface area contributed by atoms with E-state index >= 15 is 0 Å². The van der Waals surface area contributed by atoms with Gasteiger partial charge in [0.2, 0.25) is 0 Å². The van der Waals surface area contributed by atoms with E-state index in [0.29, 0.717) is 34.0 Å². The van der Waals surface area contributed by atoms with E-state index < -0.39 is 5.97 Å². The zero-order valence-electron chi connectivity index (χ0n) is 15.6. The number of esters is 1. The molecule has 6 nitrogen and oxygen atoms in total. The summed E-state index contributed by atoms with van der Waals surface area (Å²) < 4.78 is 15.6. The SMILES string of the molecule is CCOC(=O)c1[nH]c(C)c(C(=O)C=Cc2cccc(OC)c2OC)c1C. The molecule has 0 spiro atoms. The molecule has 26 heavy (non-hydrogen) atoms. The molecule has 2 aromatic rings. The van der Waals surface area contributed by atoms with Crippen molar-refractivity contribution >= 4 is 17.8 Å². The number of para-hydroxylation sites is 1. The summed E-state index contributed by atoms with van der Waals surface area (Å²) >= 11 is 0. The Balaban J connectivity index is 2.34. The van der Waals surface area contributed by atoms with Crippen LogP contribution in [-0.4, -0.2) is 37.6 Å². The quantitative estimate of drug-likeness (QED) is 0.464. The van der Waals surface area contributed by atoms with Crippen LogP contribution in [0, 0.1) is 13.8 Å². The first-order valence-electron chi connectivity index (χ1n) is 8.24. The highest BCUT2D eigenvalue weighted by Gasteiger charge is 2.21. The number of ether oxygens (including phenoxy) is 3. The number of carbonyl (C=O) groups is 2. The summed E-state index contributed by atoms with van der Waals surface area (Å²) in [7, 11) is 3.10. The molecule has 1 aromatic carbocycles. The van der Waals surface area contributed by atoms with Crippen molar-refractivity contribution in [3.63, 3.8) is 0 Å². The third kappa shape index (κ3) is 3.79. The smallest absolute Gasteiger partial charge is 0.355 e. The van der Waals surface area contributed by atoms with Gasteiger partial charge in [-0.25, -0.2) is 4.79 Å². The van der Waals surface area contributed by atoms with Crippen LogP contribution in [0.15, 0.2) is 24.3 Å². The summed E-state index contributed by atoms with van der Waals surface area (Å²) in [4.78, 5) is 27.6. The molecule has 0 fully saturated rings. The maximum Gasteiger partial charge on any atom is 0.355 e. The summed E-state index contributed by atoms with van der Waals surface area (Å²) in [5.41, 5.74) is 2.69. The number of carbonyl (C=O) groups excluding carboxylic acids is 2. The summed E-state index contributed by atoms with van der Waals surface area (Å²) in [6.45, 7) is 5.49. The first kappa shape index (κ1) is 19.3. The van der Waals surface area contributed by atoms with Gasteiger partial charge < -0.3 is 19.2 Å². The number of benzene rings is 1. The van der Waals surface area contributed by atoms with Crippen molar-refractivity contribution in [2.45, 2.75) is 20.8 Å². The van der Waals surface area contributed by atoms with Crippen molar-refractivity contribution in [2.75, 3.05) is 20.8 Å². The minimum atomic E-state index is -0.467. The highest BCUT2D eigenvalue weighted by Crippen LogP contribution is 2.31. The normalized spacial score (nSPS) is 10.8. The fourth-order valence-corrected chi connectivity index (χ4v) is 2.82. The molecule has 0 aliphatic rings. The first-order valence-corrected chi connectivity index (χ1v) is 8.24. The minimum absolute atomic E-state index is 0.211. The van der Waals surface area contributed by atoms with Crippen LogP contribution in [0.3, 0.4) is 0 Å². The van der Waals surface area contributed by atoms with Crippen molar-refractivity contribution in [3.05, 3.63) is 52.4 Å². The molecule has 0 aliphatic heterocycles. The predicted octanol–water partition coefficient (Wildman–Crippen LogP) is 3.72. The number of aromatic amines is 1. The second-order valence-corrected chi connectivity index (χ2v) is 5.63. The van der Waals surface area contributed by atoms with Crippen LogP contribution in [0.4, 0.5) is 0 Å². The average molecular weight is 357 g/mol. The van der Waals surface area contributed by atoms with Crippen LogP contribution in [0.25, 0.3) is 6.08 Å². The second-order valence-electron chi connectivity index (χ2n) is 5.63. The largest absolute Gasteiger partial charge is 0.493 e. The Hall–Kier alpha value is -3.02. The van der Waals surface area contributed by atoms with E-state index in [1.54, 1.807) is 47.1 Å². The molecule has 2 rings (SSSR count). The van der Waals surface area contributed by atoms with Gasteiger partial charge in [-0.3, -0.25) is 4.79 Å². The summed E-state index contributed by atoms with van der Waals surface area (Å²) in [5, 5.41) is 0. The third-order valence-corrected chi connectivity index (χ3v) is 4.01. The number of hydrogen-bond acceptors (Lipinski definition) is 5. The predicted molar refractivity (Wildman–Crippen MR) is 99.1 cm³/mol. The second kappa shape index (κ2) is 8.38. The Morgan fingerprint density at radius 1 is 1.15 bits per heavy atom. The van der Waals surface area contributed by atoms with Crippen LogP contribution >= 0.6 is 0 Å². The Labute approximate surface area is 152 Å². The van der Waals surface area contributed by atoms with E-state index in [9.17, 15) is 9.59 Å². The van der Waals surface area contributed by atoms with Gasteiger partial charge in [0.05, 0.1) is 20.8 Å². The Morgan fingerprint density at radius 3 is 2.50 bits per heavy atom. The van der Waals surface area contributed by atoms with Gasteiger partial charge in [0, 0.05) is 16.8 Å². The fourth-order valence-electron chi connectivity index (χ4n) is 2.82. The highest BCUT2D eigenvalue weighted by atomic mass is 16.5. The summed E-state index contributed by atoms with van der Waals surface area (Å²) in [5.74, 6) is 0.455. The van der Waals surface area contributed by atoms with Gasteiger partial charge in [-0.1, -0.05) is 12.1 Å². The van der Waals surface area contributed by atoms with E-state index in [1.165, 1.54) is 6.08 Å². The standard InChI is InChI=1S/C20H23NO5/c1-6-26-20(23)18-12(2)17(13(3)21-18)15(22)11-10-14-8-7-9-16(24-4)19(14)25-5/h7-11,21H,6H2,1-5H3. The first-order chi connectivity index (χ1) is 12.4. The number of H-pyrrole nitrogens is 1. The van der Waals surface area contributed by atoms with E-state index in [0.717, 1.165) is 5.56 Å². The Bertz CT molecular complexity index is 848. The maximum absolute atomic E-state index is 12.7. The fraction of sp³-hybridized carbons (Fsp3) is 0.300. The van der Waals surface area contributed by atoms with Gasteiger partial charge in [0.15, 0.2) is 17.3 Å². The van der Waals surface area contributed by atoms with E-state index in [2.05, 4.69) is 4.98 Å². The molecule has 1 N–H and O–H groups in total. The lowest BCUT2D eigenvalue weighted by Crippen LogP contribution is -2.07. The highest BCUT2D eigenvalue weighted by molar-refractivity contribution is 6.10. The summed E-state index contributed by atoms with van der Waals surface area (Å²) in [6, 6.07) is 5.42.